The first kappa shape index (κ1) is 32.9. The highest BCUT2D eigenvalue weighted by Gasteiger charge is 2.68. The number of aliphatic hydroxyl groups excluding tert-OH is 2. The number of hydrogen-bond donors (Lipinski definition) is 3. The predicted octanol–water partition coefficient (Wildman–Crippen LogP) is 4.10. The van der Waals surface area contributed by atoms with Crippen molar-refractivity contribution in [3.63, 3.8) is 0 Å². The third kappa shape index (κ3) is 5.76. The SMILES string of the molecule is CC1(C)CC(N=C=O)CC(C)(CN=C=O)C1.C[C@]12CC[C@@H](O)C[C@H]1CC[C@@H]1[C@@H]2C(=O)C[C@@]2(C)[C@H]1CC[C@]2(O)C(=O)CO. The van der Waals surface area contributed by atoms with Crippen molar-refractivity contribution in [1.82, 2.24) is 0 Å². The van der Waals surface area contributed by atoms with Gasteiger partial charge < -0.3 is 15.3 Å². The van der Waals surface area contributed by atoms with Gasteiger partial charge in [0.15, 0.2) is 5.78 Å². The molecule has 9 nitrogen and oxygen atoms in total. The Morgan fingerprint density at radius 2 is 1.71 bits per heavy atom. The third-order valence-electron chi connectivity index (χ3n) is 12.3. The van der Waals surface area contributed by atoms with E-state index >= 15 is 0 Å². The Hall–Kier alpha value is -2.02. The number of nitrogens with zero attached hydrogens (tertiary/aromatic N) is 2. The Morgan fingerprint density at radius 1 is 1.00 bits per heavy atom. The predicted molar refractivity (Wildman–Crippen MR) is 156 cm³/mol. The first-order valence-corrected chi connectivity index (χ1v) is 15.8. The van der Waals surface area contributed by atoms with Crippen LogP contribution in [-0.2, 0) is 19.2 Å². The van der Waals surface area contributed by atoms with Gasteiger partial charge in [0.1, 0.15) is 18.0 Å². The summed E-state index contributed by atoms with van der Waals surface area (Å²) in [6.07, 6.45) is 11.4. The van der Waals surface area contributed by atoms with E-state index in [2.05, 4.69) is 37.7 Å². The number of Topliss-reactive ketones (excluding diaryl/α,β-unsaturated/α-hetero) is 2. The van der Waals surface area contributed by atoms with Crippen molar-refractivity contribution in [2.24, 2.45) is 55.3 Å². The summed E-state index contributed by atoms with van der Waals surface area (Å²) in [5, 5.41) is 30.6. The molecule has 0 aromatic carbocycles. The highest BCUT2D eigenvalue weighted by atomic mass is 16.3. The first-order valence-electron chi connectivity index (χ1n) is 15.8. The van der Waals surface area contributed by atoms with E-state index in [0.29, 0.717) is 18.9 Å². The van der Waals surface area contributed by atoms with Gasteiger partial charge in [0.2, 0.25) is 12.2 Å². The minimum absolute atomic E-state index is 0.00750. The van der Waals surface area contributed by atoms with E-state index < -0.39 is 23.4 Å². The Morgan fingerprint density at radius 3 is 2.36 bits per heavy atom. The minimum atomic E-state index is -1.58. The molecule has 10 atom stereocenters. The van der Waals surface area contributed by atoms with Crippen LogP contribution in [0.3, 0.4) is 0 Å². The van der Waals surface area contributed by atoms with Gasteiger partial charge in [-0.2, -0.15) is 0 Å². The van der Waals surface area contributed by atoms with E-state index in [0.717, 1.165) is 57.8 Å². The van der Waals surface area contributed by atoms with Gasteiger partial charge in [-0.05, 0) is 98.2 Å². The standard InChI is InChI=1S/C21H32O5.C12H18N2O2/c1-19-7-5-13(23)9-12(19)3-4-14-15-6-8-21(26,17(25)11-22)20(15,2)10-16(24)18(14)19;1-11(2)4-10(14-9-16)5-12(3,6-11)7-13-8-15/h12-15,18,22-23,26H,3-11H2,1-2H3;10H,4-7H2,1-3H3/t12-,13-,14+,15+,18-,19+,20+,21+;/m1./s1. The van der Waals surface area contributed by atoms with Gasteiger partial charge in [0, 0.05) is 17.8 Å². The Kier molecular flexibility index (Phi) is 9.25. The quantitative estimate of drug-likeness (QED) is 0.324. The van der Waals surface area contributed by atoms with Crippen molar-refractivity contribution in [3.05, 3.63) is 0 Å². The molecule has 0 aromatic heterocycles. The van der Waals surface area contributed by atoms with E-state index in [1.54, 1.807) is 12.2 Å². The molecular formula is C33H50N2O7. The molecule has 0 amide bonds. The molecule has 9 heteroatoms. The number of aliphatic hydroxyl groups is 3. The molecule has 0 aromatic rings. The number of rotatable bonds is 5. The third-order valence-corrected chi connectivity index (χ3v) is 12.3. The number of isocyanates is 2. The fourth-order valence-corrected chi connectivity index (χ4v) is 10.7. The van der Waals surface area contributed by atoms with Gasteiger partial charge >= 0.3 is 0 Å². The first-order chi connectivity index (χ1) is 19.6. The Bertz CT molecular complexity index is 1160. The van der Waals surface area contributed by atoms with Crippen LogP contribution < -0.4 is 0 Å². The zero-order valence-electron chi connectivity index (χ0n) is 26.0. The lowest BCUT2D eigenvalue weighted by Crippen LogP contribution is -2.62. The number of fused-ring (bicyclic) bond motifs is 5. The minimum Gasteiger partial charge on any atom is -0.393 e. The fraction of sp³-hybridized carbons (Fsp3) is 0.879. The molecule has 0 heterocycles. The fourth-order valence-electron chi connectivity index (χ4n) is 10.7. The topological polar surface area (TPSA) is 154 Å². The van der Waals surface area contributed by atoms with E-state index in [-0.39, 0.29) is 58.3 Å². The monoisotopic (exact) mass is 586 g/mol. The highest BCUT2D eigenvalue weighted by Crippen LogP contribution is 2.67. The van der Waals surface area contributed by atoms with Gasteiger partial charge in [-0.3, -0.25) is 9.59 Å². The van der Waals surface area contributed by atoms with E-state index in [1.807, 2.05) is 6.92 Å². The van der Waals surface area contributed by atoms with Gasteiger partial charge in [-0.25, -0.2) is 19.6 Å². The van der Waals surface area contributed by atoms with Crippen LogP contribution in [0.5, 0.6) is 0 Å². The second-order valence-electron chi connectivity index (χ2n) is 15.8. The van der Waals surface area contributed by atoms with Crippen LogP contribution in [0.4, 0.5) is 0 Å². The van der Waals surface area contributed by atoms with Gasteiger partial charge in [-0.15, -0.1) is 0 Å². The summed E-state index contributed by atoms with van der Waals surface area (Å²) in [7, 11) is 0. The summed E-state index contributed by atoms with van der Waals surface area (Å²) in [6, 6.07) is 0.00750. The molecule has 3 N–H and O–H groups in total. The maximum absolute atomic E-state index is 13.4. The molecule has 42 heavy (non-hydrogen) atoms. The van der Waals surface area contributed by atoms with Crippen molar-refractivity contribution in [1.29, 1.82) is 0 Å². The van der Waals surface area contributed by atoms with Crippen molar-refractivity contribution >= 4 is 23.7 Å². The summed E-state index contributed by atoms with van der Waals surface area (Å²) < 4.78 is 0. The lowest BCUT2D eigenvalue weighted by atomic mass is 9.44. The van der Waals surface area contributed by atoms with Crippen LogP contribution in [0, 0.1) is 45.3 Å². The van der Waals surface area contributed by atoms with E-state index in [9.17, 15) is 34.5 Å². The average Bonchev–Trinajstić information content (AvgIpc) is 3.17. The molecule has 234 valence electrons. The van der Waals surface area contributed by atoms with Crippen LogP contribution in [0.1, 0.15) is 105 Å². The molecule has 0 saturated heterocycles. The van der Waals surface area contributed by atoms with Crippen LogP contribution >= 0.6 is 0 Å². The van der Waals surface area contributed by atoms with Gasteiger partial charge in [0.05, 0.1) is 18.7 Å². The summed E-state index contributed by atoms with van der Waals surface area (Å²) in [5.41, 5.74) is -2.35. The molecule has 5 rings (SSSR count). The molecule has 0 aliphatic heterocycles. The van der Waals surface area contributed by atoms with Crippen LogP contribution in [-0.4, -0.2) is 69.9 Å². The van der Waals surface area contributed by atoms with Crippen molar-refractivity contribution in [2.45, 2.75) is 123 Å². The molecule has 5 aliphatic carbocycles. The van der Waals surface area contributed by atoms with Crippen LogP contribution in [0.2, 0.25) is 0 Å². The summed E-state index contributed by atoms with van der Waals surface area (Å²) >= 11 is 0. The second-order valence-corrected chi connectivity index (χ2v) is 15.8. The Labute approximate surface area is 249 Å². The molecule has 0 radical (unpaired) electrons. The molecule has 0 spiro atoms. The van der Waals surface area contributed by atoms with E-state index in [1.165, 1.54) is 0 Å². The van der Waals surface area contributed by atoms with Crippen LogP contribution in [0.15, 0.2) is 9.98 Å². The highest BCUT2D eigenvalue weighted by molar-refractivity contribution is 5.92. The molecular weight excluding hydrogens is 536 g/mol. The van der Waals surface area contributed by atoms with Crippen molar-refractivity contribution < 1.29 is 34.5 Å². The number of carbonyl (C=O) groups excluding carboxylic acids is 4. The van der Waals surface area contributed by atoms with Gasteiger partial charge in [0.25, 0.3) is 0 Å². The lowest BCUT2D eigenvalue weighted by molar-refractivity contribution is -0.180. The zero-order valence-corrected chi connectivity index (χ0v) is 26.0. The summed E-state index contributed by atoms with van der Waals surface area (Å²) in [4.78, 5) is 53.8. The van der Waals surface area contributed by atoms with E-state index in [4.69, 9.17) is 0 Å². The maximum Gasteiger partial charge on any atom is 0.235 e. The molecule has 5 saturated carbocycles. The summed E-state index contributed by atoms with van der Waals surface area (Å²) in [6.45, 7) is 10.3. The zero-order chi connectivity index (χ0) is 31.1. The molecule has 5 aliphatic rings. The molecule has 2 unspecified atom stereocenters. The second kappa shape index (κ2) is 11.8. The number of ketones is 2. The lowest BCUT2D eigenvalue weighted by Gasteiger charge is -2.60. The van der Waals surface area contributed by atoms with Gasteiger partial charge in [-0.1, -0.05) is 34.6 Å². The molecule has 0 bridgehead atoms. The molecule has 5 fully saturated rings. The summed E-state index contributed by atoms with van der Waals surface area (Å²) in [5.74, 6) is 0.380. The number of carbonyl (C=O) groups is 2. The smallest absolute Gasteiger partial charge is 0.235 e. The Balaban J connectivity index is 0.000000219. The maximum atomic E-state index is 13.4. The van der Waals surface area contributed by atoms with Crippen LogP contribution in [0.25, 0.3) is 0 Å². The average molecular weight is 587 g/mol. The largest absolute Gasteiger partial charge is 0.393 e. The van der Waals surface area contributed by atoms with Crippen molar-refractivity contribution in [3.8, 4) is 0 Å². The number of hydrogen-bond acceptors (Lipinski definition) is 9. The normalized spacial score (nSPS) is 45.5. The van der Waals surface area contributed by atoms with Crippen molar-refractivity contribution in [2.75, 3.05) is 13.2 Å². The number of aliphatic imine (C=N–C) groups is 2.